The molecular formula is C28H35F3N6OS. The minimum Gasteiger partial charge on any atom is -0.364 e. The van der Waals surface area contributed by atoms with Crippen LogP contribution in [0.2, 0.25) is 0 Å². The second kappa shape index (κ2) is 10.5. The van der Waals surface area contributed by atoms with E-state index >= 15 is 0 Å². The minimum absolute atomic E-state index is 0.197. The third kappa shape index (κ3) is 4.96. The van der Waals surface area contributed by atoms with E-state index in [2.05, 4.69) is 16.9 Å². The number of rotatable bonds is 4. The highest BCUT2D eigenvalue weighted by atomic mass is 32.2. The molecule has 3 aliphatic heterocycles. The maximum atomic E-state index is 14.6. The number of nitrogens with zero attached hydrogens (tertiary/aromatic N) is 6. The van der Waals surface area contributed by atoms with Crippen LogP contribution in [-0.2, 0) is 23.9 Å². The molecule has 11 heteroatoms. The van der Waals surface area contributed by atoms with Gasteiger partial charge >= 0.3 is 6.18 Å². The van der Waals surface area contributed by atoms with E-state index in [1.807, 2.05) is 11.2 Å². The molecule has 2 aromatic heterocycles. The monoisotopic (exact) mass is 560 g/mol. The predicted octanol–water partition coefficient (Wildman–Crippen LogP) is 6.37. The quantitative estimate of drug-likeness (QED) is 0.271. The van der Waals surface area contributed by atoms with Gasteiger partial charge < -0.3 is 14.5 Å². The number of piperidine rings is 1. The van der Waals surface area contributed by atoms with E-state index in [0.717, 1.165) is 55.8 Å². The van der Waals surface area contributed by atoms with Crippen LogP contribution in [0.25, 0.3) is 10.9 Å². The summed E-state index contributed by atoms with van der Waals surface area (Å²) >= 11 is 1.47. The van der Waals surface area contributed by atoms with Crippen LogP contribution < -0.4 is 9.80 Å². The van der Waals surface area contributed by atoms with E-state index in [9.17, 15) is 13.2 Å². The fraction of sp³-hybridized carbons (Fsp3) is 0.607. The van der Waals surface area contributed by atoms with Crippen molar-refractivity contribution in [2.75, 3.05) is 42.3 Å². The molecule has 2 fully saturated rings. The van der Waals surface area contributed by atoms with Gasteiger partial charge in [0.2, 0.25) is 0 Å². The number of hydrogen-bond donors (Lipinski definition) is 0. The summed E-state index contributed by atoms with van der Waals surface area (Å²) in [5, 5.41) is 5.73. The summed E-state index contributed by atoms with van der Waals surface area (Å²) in [6, 6.07) is 1.62. The van der Waals surface area contributed by atoms with Gasteiger partial charge in [0.25, 0.3) is 0 Å². The molecule has 0 bridgehead atoms. The highest BCUT2D eigenvalue weighted by molar-refractivity contribution is 7.98. The Bertz CT molecular complexity index is 1370. The molecule has 3 aromatic rings. The van der Waals surface area contributed by atoms with Gasteiger partial charge in [0.1, 0.15) is 5.82 Å². The Hall–Kier alpha value is -2.53. The lowest BCUT2D eigenvalue weighted by atomic mass is 9.96. The summed E-state index contributed by atoms with van der Waals surface area (Å²) in [6.45, 7) is 7.10. The lowest BCUT2D eigenvalue weighted by Gasteiger charge is -2.37. The molecule has 0 aliphatic carbocycles. The fourth-order valence-electron chi connectivity index (χ4n) is 6.44. The SMILES string of the molecule is CSc1nc2c(c(N3CCCC(C)C3)n1)CCN(c1c(C(F)(F)F)c(C)cc3c1cnn3C1CCCCO1)C2. The largest absolute Gasteiger partial charge is 0.418 e. The highest BCUT2D eigenvalue weighted by Crippen LogP contribution is 2.45. The van der Waals surface area contributed by atoms with Crippen molar-refractivity contribution in [1.82, 2.24) is 19.7 Å². The molecule has 39 heavy (non-hydrogen) atoms. The Kier molecular flexibility index (Phi) is 7.16. The molecule has 3 aliphatic rings. The maximum Gasteiger partial charge on any atom is 0.418 e. The first-order chi connectivity index (χ1) is 18.7. The molecule has 210 valence electrons. The molecule has 2 saturated heterocycles. The summed E-state index contributed by atoms with van der Waals surface area (Å²) in [4.78, 5) is 13.9. The van der Waals surface area contributed by atoms with E-state index in [1.54, 1.807) is 23.9 Å². The van der Waals surface area contributed by atoms with E-state index in [4.69, 9.17) is 14.7 Å². The average molecular weight is 561 g/mol. The molecule has 2 atom stereocenters. The number of fused-ring (bicyclic) bond motifs is 2. The first kappa shape index (κ1) is 26.7. The number of aromatic nitrogens is 4. The van der Waals surface area contributed by atoms with Gasteiger partial charge in [0, 0.05) is 37.2 Å². The normalized spacial score (nSPS) is 22.4. The molecule has 0 spiro atoms. The summed E-state index contributed by atoms with van der Waals surface area (Å²) < 4.78 is 51.5. The van der Waals surface area contributed by atoms with Gasteiger partial charge in [-0.2, -0.15) is 18.3 Å². The minimum atomic E-state index is -4.50. The van der Waals surface area contributed by atoms with Crippen LogP contribution in [0.15, 0.2) is 17.4 Å². The van der Waals surface area contributed by atoms with Crippen molar-refractivity contribution in [3.63, 3.8) is 0 Å². The number of alkyl halides is 3. The van der Waals surface area contributed by atoms with Gasteiger partial charge in [-0.05, 0) is 69.3 Å². The molecule has 6 rings (SSSR count). The van der Waals surface area contributed by atoms with Crippen molar-refractivity contribution in [3.8, 4) is 0 Å². The topological polar surface area (TPSA) is 59.3 Å². The maximum absolute atomic E-state index is 14.6. The van der Waals surface area contributed by atoms with E-state index in [-0.39, 0.29) is 17.5 Å². The Morgan fingerprint density at radius 1 is 1.08 bits per heavy atom. The zero-order chi connectivity index (χ0) is 27.3. The zero-order valence-corrected chi connectivity index (χ0v) is 23.5. The van der Waals surface area contributed by atoms with E-state index in [0.29, 0.717) is 48.1 Å². The third-order valence-electron chi connectivity index (χ3n) is 8.26. The Balaban J connectivity index is 1.45. The van der Waals surface area contributed by atoms with Crippen molar-refractivity contribution in [2.45, 2.75) is 76.5 Å². The first-order valence-corrected chi connectivity index (χ1v) is 15.1. The Morgan fingerprint density at radius 3 is 2.64 bits per heavy atom. The predicted molar refractivity (Wildman–Crippen MR) is 147 cm³/mol. The molecule has 2 unspecified atom stereocenters. The van der Waals surface area contributed by atoms with E-state index in [1.165, 1.54) is 18.2 Å². The number of thioether (sulfide) groups is 1. The van der Waals surface area contributed by atoms with Gasteiger partial charge in [0.05, 0.1) is 35.2 Å². The van der Waals surface area contributed by atoms with Crippen LogP contribution in [0.1, 0.15) is 67.6 Å². The third-order valence-corrected chi connectivity index (χ3v) is 8.81. The van der Waals surface area contributed by atoms with Gasteiger partial charge in [-0.25, -0.2) is 14.6 Å². The summed E-state index contributed by atoms with van der Waals surface area (Å²) in [7, 11) is 0. The number of aryl methyl sites for hydroxylation is 1. The van der Waals surface area contributed by atoms with Crippen LogP contribution in [0.4, 0.5) is 24.7 Å². The van der Waals surface area contributed by atoms with Crippen molar-refractivity contribution < 1.29 is 17.9 Å². The Morgan fingerprint density at radius 2 is 1.92 bits per heavy atom. The lowest BCUT2D eigenvalue weighted by molar-refractivity contribution is -0.137. The van der Waals surface area contributed by atoms with E-state index < -0.39 is 11.7 Å². The van der Waals surface area contributed by atoms with Gasteiger partial charge in [-0.15, -0.1) is 0 Å². The summed E-state index contributed by atoms with van der Waals surface area (Å²) in [6.07, 6.45) is 4.49. The molecule has 0 saturated carbocycles. The van der Waals surface area contributed by atoms with Gasteiger partial charge in [-0.1, -0.05) is 18.7 Å². The second-order valence-electron chi connectivity index (χ2n) is 11.1. The van der Waals surface area contributed by atoms with Crippen molar-refractivity contribution >= 4 is 34.2 Å². The number of benzene rings is 1. The number of hydrogen-bond acceptors (Lipinski definition) is 7. The number of ether oxygens (including phenoxy) is 1. The second-order valence-corrected chi connectivity index (χ2v) is 11.9. The zero-order valence-electron chi connectivity index (χ0n) is 22.7. The van der Waals surface area contributed by atoms with Crippen LogP contribution in [0.3, 0.4) is 0 Å². The fourth-order valence-corrected chi connectivity index (χ4v) is 6.82. The van der Waals surface area contributed by atoms with Crippen LogP contribution in [-0.4, -0.2) is 52.2 Å². The molecule has 0 amide bonds. The average Bonchev–Trinajstić information content (AvgIpc) is 3.34. The lowest BCUT2D eigenvalue weighted by Crippen LogP contribution is -2.38. The van der Waals surface area contributed by atoms with Crippen molar-refractivity contribution in [3.05, 3.63) is 34.6 Å². The Labute approximate surface area is 231 Å². The van der Waals surface area contributed by atoms with Crippen LogP contribution >= 0.6 is 11.8 Å². The molecule has 0 N–H and O–H groups in total. The van der Waals surface area contributed by atoms with Gasteiger partial charge in [-0.3, -0.25) is 0 Å². The highest BCUT2D eigenvalue weighted by Gasteiger charge is 2.40. The molecular weight excluding hydrogens is 525 g/mol. The van der Waals surface area contributed by atoms with Crippen LogP contribution in [0, 0.1) is 12.8 Å². The number of halogens is 3. The van der Waals surface area contributed by atoms with Gasteiger partial charge in [0.15, 0.2) is 11.4 Å². The molecule has 7 nitrogen and oxygen atoms in total. The number of anilines is 2. The molecule has 0 radical (unpaired) electrons. The first-order valence-electron chi connectivity index (χ1n) is 13.9. The molecule has 1 aromatic carbocycles. The standard InChI is InChI=1S/C28H35F3N6OS/c1-17-7-6-10-36(15-17)26-19-9-11-35(16-21(19)33-27(34-26)39-3)25-20-14-32-37(23-8-4-5-12-38-23)22(20)13-18(2)24(25)28(29,30)31/h13-14,17,23H,4-12,15-16H2,1-3H3. The van der Waals surface area contributed by atoms with Crippen molar-refractivity contribution in [2.24, 2.45) is 5.92 Å². The summed E-state index contributed by atoms with van der Waals surface area (Å²) in [5.74, 6) is 1.55. The van der Waals surface area contributed by atoms with Crippen molar-refractivity contribution in [1.29, 1.82) is 0 Å². The smallest absolute Gasteiger partial charge is 0.364 e. The van der Waals surface area contributed by atoms with Crippen LogP contribution in [0.5, 0.6) is 0 Å². The molecule has 5 heterocycles. The summed E-state index contributed by atoms with van der Waals surface area (Å²) in [5.41, 5.74) is 2.38.